The monoisotopic (exact) mass is 226 g/mol. The number of alkyl halides is 3. The van der Waals surface area contributed by atoms with Crippen LogP contribution in [0.1, 0.15) is 13.8 Å². The van der Waals surface area contributed by atoms with Gasteiger partial charge in [0.25, 0.3) is 0 Å². The van der Waals surface area contributed by atoms with Gasteiger partial charge in [-0.3, -0.25) is 10.4 Å². The summed E-state index contributed by atoms with van der Waals surface area (Å²) in [6.45, 7) is 3.19. The minimum atomic E-state index is -4.26. The van der Waals surface area contributed by atoms with E-state index in [1.54, 1.807) is 0 Å². The maximum atomic E-state index is 12.0. The number of nitrogens with two attached hydrogens (primary N) is 1. The van der Waals surface area contributed by atoms with Crippen LogP contribution in [0.4, 0.5) is 13.2 Å². The second-order valence-electron chi connectivity index (χ2n) is 3.67. The van der Waals surface area contributed by atoms with E-state index in [1.165, 1.54) is 7.05 Å². The first-order chi connectivity index (χ1) is 6.76. The van der Waals surface area contributed by atoms with E-state index in [0.717, 1.165) is 4.90 Å². The van der Waals surface area contributed by atoms with Crippen LogP contribution < -0.4 is 11.3 Å². The van der Waals surface area contributed by atoms with Gasteiger partial charge >= 0.3 is 6.18 Å². The van der Waals surface area contributed by atoms with Gasteiger partial charge in [0.15, 0.2) is 0 Å². The molecule has 0 saturated carbocycles. The van der Waals surface area contributed by atoms with Gasteiger partial charge in [-0.05, 0) is 5.92 Å². The molecule has 0 saturated heterocycles. The summed E-state index contributed by atoms with van der Waals surface area (Å²) >= 11 is 0. The van der Waals surface area contributed by atoms with Crippen LogP contribution in [0.25, 0.3) is 0 Å². The fraction of sp³-hybridized carbons (Fsp3) is 0.875. The van der Waals surface area contributed by atoms with Gasteiger partial charge in [-0.25, -0.2) is 5.84 Å². The summed E-state index contributed by atoms with van der Waals surface area (Å²) in [7, 11) is 1.28. The molecule has 3 N–H and O–H groups in total. The van der Waals surface area contributed by atoms with Gasteiger partial charge in [-0.2, -0.15) is 13.2 Å². The molecule has 0 fully saturated rings. The maximum absolute atomic E-state index is 12.0. The quantitative estimate of drug-likeness (QED) is 0.326. The highest BCUT2D eigenvalue weighted by Gasteiger charge is 2.30. The summed E-state index contributed by atoms with van der Waals surface area (Å²) < 4.78 is 36.1. The number of halogens is 3. The van der Waals surface area contributed by atoms with E-state index < -0.39 is 12.7 Å². The number of hydrazine groups is 1. The summed E-state index contributed by atoms with van der Waals surface area (Å²) in [4.78, 5) is 4.87. The number of rotatable bonds is 3. The lowest BCUT2D eigenvalue weighted by Crippen LogP contribution is -2.46. The topological polar surface area (TPSA) is 53.6 Å². The average molecular weight is 226 g/mol. The maximum Gasteiger partial charge on any atom is 0.406 e. The molecule has 0 amide bonds. The van der Waals surface area contributed by atoms with Gasteiger partial charge in [-0.1, -0.05) is 13.8 Å². The molecule has 7 heteroatoms. The van der Waals surface area contributed by atoms with Crippen LogP contribution in [0.15, 0.2) is 4.99 Å². The van der Waals surface area contributed by atoms with Crippen LogP contribution >= 0.6 is 0 Å². The molecule has 0 bridgehead atoms. The number of nitrogens with zero attached hydrogens (tertiary/aromatic N) is 2. The van der Waals surface area contributed by atoms with E-state index in [1.807, 2.05) is 13.8 Å². The molecule has 15 heavy (non-hydrogen) atoms. The number of hydrogen-bond acceptors (Lipinski definition) is 2. The Hall–Kier alpha value is -0.980. The Morgan fingerprint density at radius 3 is 2.33 bits per heavy atom. The van der Waals surface area contributed by atoms with Crippen LogP contribution in [0.3, 0.4) is 0 Å². The van der Waals surface area contributed by atoms with Gasteiger partial charge < -0.3 is 4.90 Å². The minimum absolute atomic E-state index is 0.0426. The van der Waals surface area contributed by atoms with Crippen molar-refractivity contribution in [3.8, 4) is 0 Å². The molecule has 0 aromatic rings. The van der Waals surface area contributed by atoms with Gasteiger partial charge in [0.1, 0.15) is 6.54 Å². The van der Waals surface area contributed by atoms with Gasteiger partial charge in [0, 0.05) is 13.6 Å². The van der Waals surface area contributed by atoms with E-state index in [2.05, 4.69) is 10.4 Å². The van der Waals surface area contributed by atoms with E-state index in [-0.39, 0.29) is 11.9 Å². The first-order valence-electron chi connectivity index (χ1n) is 4.55. The molecule has 0 heterocycles. The highest BCUT2D eigenvalue weighted by atomic mass is 19.4. The van der Waals surface area contributed by atoms with Crippen molar-refractivity contribution < 1.29 is 13.2 Å². The smallest absolute Gasteiger partial charge is 0.336 e. The van der Waals surface area contributed by atoms with Crippen LogP contribution in [-0.4, -0.2) is 37.2 Å². The molecule has 0 aliphatic carbocycles. The summed E-state index contributed by atoms with van der Waals surface area (Å²) in [5.74, 6) is 5.40. The van der Waals surface area contributed by atoms with Crippen LogP contribution in [0.2, 0.25) is 0 Å². The van der Waals surface area contributed by atoms with E-state index in [4.69, 9.17) is 5.84 Å². The van der Waals surface area contributed by atoms with E-state index in [0.29, 0.717) is 6.54 Å². The zero-order chi connectivity index (χ0) is 12.1. The van der Waals surface area contributed by atoms with Crippen LogP contribution in [-0.2, 0) is 0 Å². The Morgan fingerprint density at radius 1 is 1.47 bits per heavy atom. The molecule has 0 spiro atoms. The molecule has 0 aliphatic heterocycles. The van der Waals surface area contributed by atoms with Gasteiger partial charge in [-0.15, -0.1) is 0 Å². The molecular formula is C8H17F3N4. The van der Waals surface area contributed by atoms with Crippen LogP contribution in [0.5, 0.6) is 0 Å². The molecule has 90 valence electrons. The van der Waals surface area contributed by atoms with Crippen molar-refractivity contribution >= 4 is 5.96 Å². The standard InChI is InChI=1S/C8H17F3N4/c1-6(2)4-13-7(14-12)15(3)5-8(9,10)11/h6H,4-5,12H2,1-3H3,(H,13,14). The van der Waals surface area contributed by atoms with Gasteiger partial charge in [0.05, 0.1) is 0 Å². The largest absolute Gasteiger partial charge is 0.406 e. The highest BCUT2D eigenvalue weighted by Crippen LogP contribution is 2.15. The molecule has 0 aromatic carbocycles. The number of guanidine groups is 1. The summed E-state index contributed by atoms with van der Waals surface area (Å²) in [6, 6.07) is 0. The predicted molar refractivity (Wildman–Crippen MR) is 53.1 cm³/mol. The summed E-state index contributed by atoms with van der Waals surface area (Å²) in [5, 5.41) is 0. The van der Waals surface area contributed by atoms with E-state index in [9.17, 15) is 13.2 Å². The highest BCUT2D eigenvalue weighted by molar-refractivity contribution is 5.79. The number of nitrogens with one attached hydrogen (secondary N) is 1. The second kappa shape index (κ2) is 5.79. The Balaban J connectivity index is 4.34. The van der Waals surface area contributed by atoms with Gasteiger partial charge in [0.2, 0.25) is 5.96 Å². The van der Waals surface area contributed by atoms with Crippen molar-refractivity contribution in [2.45, 2.75) is 20.0 Å². The molecule has 0 aromatic heterocycles. The zero-order valence-corrected chi connectivity index (χ0v) is 9.10. The summed E-state index contributed by atoms with van der Waals surface area (Å²) in [6.07, 6.45) is -4.26. The van der Waals surface area contributed by atoms with Crippen molar-refractivity contribution in [2.24, 2.45) is 16.8 Å². The third kappa shape index (κ3) is 7.01. The third-order valence-corrected chi connectivity index (χ3v) is 1.51. The van der Waals surface area contributed by atoms with Crippen molar-refractivity contribution in [1.82, 2.24) is 10.3 Å². The first kappa shape index (κ1) is 14.0. The fourth-order valence-corrected chi connectivity index (χ4v) is 0.889. The van der Waals surface area contributed by atoms with E-state index >= 15 is 0 Å². The minimum Gasteiger partial charge on any atom is -0.336 e. The molecule has 0 atom stereocenters. The second-order valence-corrected chi connectivity index (χ2v) is 3.67. The zero-order valence-electron chi connectivity index (χ0n) is 9.10. The fourth-order valence-electron chi connectivity index (χ4n) is 0.889. The molecule has 0 rings (SSSR count). The molecule has 0 radical (unpaired) electrons. The Bertz CT molecular complexity index is 212. The molecule has 0 unspecified atom stereocenters. The van der Waals surface area contributed by atoms with Crippen molar-refractivity contribution in [3.05, 3.63) is 0 Å². The normalized spacial score (nSPS) is 13.2. The number of aliphatic imine (C=N–C) groups is 1. The lowest BCUT2D eigenvalue weighted by atomic mass is 10.2. The molecule has 0 aliphatic rings. The van der Waals surface area contributed by atoms with Crippen molar-refractivity contribution in [2.75, 3.05) is 20.1 Å². The van der Waals surface area contributed by atoms with Crippen molar-refractivity contribution in [3.63, 3.8) is 0 Å². The SMILES string of the molecule is CC(C)CN=C(NN)N(C)CC(F)(F)F. The Kier molecular flexibility index (Phi) is 5.41. The molecule has 4 nitrogen and oxygen atoms in total. The predicted octanol–water partition coefficient (Wildman–Crippen LogP) is 0.956. The van der Waals surface area contributed by atoms with Crippen molar-refractivity contribution in [1.29, 1.82) is 0 Å². The lowest BCUT2D eigenvalue weighted by Gasteiger charge is -2.22. The Morgan fingerprint density at radius 2 is 2.00 bits per heavy atom. The van der Waals surface area contributed by atoms with Crippen LogP contribution in [0, 0.1) is 5.92 Å². The Labute approximate surface area is 87.3 Å². The number of hydrogen-bond donors (Lipinski definition) is 2. The summed E-state index contributed by atoms with van der Waals surface area (Å²) in [5.41, 5.74) is 2.16. The lowest BCUT2D eigenvalue weighted by molar-refractivity contribution is -0.136. The third-order valence-electron chi connectivity index (χ3n) is 1.51. The average Bonchev–Trinajstić information content (AvgIpc) is 2.01. The first-order valence-corrected chi connectivity index (χ1v) is 4.55. The molecular weight excluding hydrogens is 209 g/mol.